The van der Waals surface area contributed by atoms with Gasteiger partial charge in [-0.15, -0.1) is 0 Å². The van der Waals surface area contributed by atoms with Gasteiger partial charge in [-0.25, -0.2) is 0 Å². The second kappa shape index (κ2) is 6.78. The molecular formula is C15H24N2O2. The average Bonchev–Trinajstić information content (AvgIpc) is 2.45. The highest BCUT2D eigenvalue weighted by molar-refractivity contribution is 5.71. The van der Waals surface area contributed by atoms with Crippen molar-refractivity contribution in [3.05, 3.63) is 23.8 Å². The minimum atomic E-state index is -0.713. The first kappa shape index (κ1) is 14.2. The maximum Gasteiger partial charge on any atom is 0.0942 e. The Bertz CT molecular complexity index is 403. The summed E-state index contributed by atoms with van der Waals surface area (Å²) < 4.78 is 0. The standard InChI is InChI=1S/C15H24N2O2/c1-12-5-6-15(17-7-3-2-4-8-17)14(9-12)16-10-13(19)11-18/h5-6,9,13,16,18-19H,2-4,7-8,10-11H2,1H3. The Labute approximate surface area is 115 Å². The molecule has 2 rings (SSSR count). The third kappa shape index (κ3) is 3.85. The molecule has 4 nitrogen and oxygen atoms in total. The number of aliphatic hydroxyl groups excluding tert-OH is 2. The third-order valence-electron chi connectivity index (χ3n) is 3.59. The summed E-state index contributed by atoms with van der Waals surface area (Å²) in [5.41, 5.74) is 3.45. The molecule has 1 aromatic rings. The van der Waals surface area contributed by atoms with Crippen LogP contribution in [0.3, 0.4) is 0 Å². The molecule has 1 aliphatic rings. The lowest BCUT2D eigenvalue weighted by molar-refractivity contribution is 0.105. The fraction of sp³-hybridized carbons (Fsp3) is 0.600. The SMILES string of the molecule is Cc1ccc(N2CCCCC2)c(NCC(O)CO)c1. The van der Waals surface area contributed by atoms with Crippen LogP contribution in [-0.4, -0.2) is 42.6 Å². The van der Waals surface area contributed by atoms with Crippen LogP contribution in [-0.2, 0) is 0 Å². The zero-order valence-electron chi connectivity index (χ0n) is 11.6. The lowest BCUT2D eigenvalue weighted by atomic mass is 10.1. The van der Waals surface area contributed by atoms with E-state index in [1.165, 1.54) is 30.5 Å². The van der Waals surface area contributed by atoms with Gasteiger partial charge in [-0.05, 0) is 43.9 Å². The lowest BCUT2D eigenvalue weighted by Gasteiger charge is -2.31. The maximum atomic E-state index is 9.46. The Morgan fingerprint density at radius 2 is 2.00 bits per heavy atom. The number of anilines is 2. The molecule has 19 heavy (non-hydrogen) atoms. The third-order valence-corrected chi connectivity index (χ3v) is 3.59. The van der Waals surface area contributed by atoms with E-state index in [0.29, 0.717) is 6.54 Å². The van der Waals surface area contributed by atoms with Crippen LogP contribution in [0.4, 0.5) is 11.4 Å². The number of rotatable bonds is 5. The number of piperidine rings is 1. The van der Waals surface area contributed by atoms with Gasteiger partial charge in [-0.3, -0.25) is 0 Å². The zero-order valence-corrected chi connectivity index (χ0v) is 11.6. The summed E-state index contributed by atoms with van der Waals surface area (Å²) in [6.07, 6.45) is 3.09. The fourth-order valence-corrected chi connectivity index (χ4v) is 2.49. The van der Waals surface area contributed by atoms with Crippen LogP contribution < -0.4 is 10.2 Å². The quantitative estimate of drug-likeness (QED) is 0.758. The highest BCUT2D eigenvalue weighted by Crippen LogP contribution is 2.29. The minimum absolute atomic E-state index is 0.210. The number of nitrogens with one attached hydrogen (secondary N) is 1. The molecule has 3 N–H and O–H groups in total. The van der Waals surface area contributed by atoms with Crippen molar-refractivity contribution >= 4 is 11.4 Å². The van der Waals surface area contributed by atoms with E-state index in [-0.39, 0.29) is 6.61 Å². The molecule has 1 saturated heterocycles. The number of aliphatic hydroxyl groups is 2. The molecule has 0 amide bonds. The number of hydrogen-bond acceptors (Lipinski definition) is 4. The summed E-state index contributed by atoms with van der Waals surface area (Å²) in [7, 11) is 0. The molecule has 1 atom stereocenters. The molecule has 0 radical (unpaired) electrons. The van der Waals surface area contributed by atoms with Gasteiger partial charge in [0, 0.05) is 19.6 Å². The first-order chi connectivity index (χ1) is 9.20. The van der Waals surface area contributed by atoms with Gasteiger partial charge in [-0.1, -0.05) is 6.07 Å². The summed E-state index contributed by atoms with van der Waals surface area (Å²) >= 11 is 0. The largest absolute Gasteiger partial charge is 0.394 e. The van der Waals surface area contributed by atoms with Crippen LogP contribution in [0.2, 0.25) is 0 Å². The van der Waals surface area contributed by atoms with Crippen LogP contribution in [0.25, 0.3) is 0 Å². The van der Waals surface area contributed by atoms with Crippen molar-refractivity contribution in [1.82, 2.24) is 0 Å². The second-order valence-corrected chi connectivity index (χ2v) is 5.29. The Morgan fingerprint density at radius 1 is 1.26 bits per heavy atom. The first-order valence-corrected chi connectivity index (χ1v) is 7.09. The Hall–Kier alpha value is -1.26. The normalized spacial score (nSPS) is 17.3. The highest BCUT2D eigenvalue weighted by Gasteiger charge is 2.15. The topological polar surface area (TPSA) is 55.7 Å². The molecule has 0 spiro atoms. The minimum Gasteiger partial charge on any atom is -0.394 e. The van der Waals surface area contributed by atoms with Gasteiger partial charge >= 0.3 is 0 Å². The highest BCUT2D eigenvalue weighted by atomic mass is 16.3. The predicted molar refractivity (Wildman–Crippen MR) is 78.8 cm³/mol. The molecule has 1 aliphatic heterocycles. The predicted octanol–water partition coefficient (Wildman–Crippen LogP) is 1.75. The summed E-state index contributed by atoms with van der Waals surface area (Å²) in [5.74, 6) is 0. The van der Waals surface area contributed by atoms with Crippen molar-refractivity contribution in [2.75, 3.05) is 36.5 Å². The number of aryl methyl sites for hydroxylation is 1. The summed E-state index contributed by atoms with van der Waals surface area (Å²) in [6, 6.07) is 6.37. The Kier molecular flexibility index (Phi) is 5.05. The molecule has 0 saturated carbocycles. The van der Waals surface area contributed by atoms with Crippen LogP contribution in [0, 0.1) is 6.92 Å². The monoisotopic (exact) mass is 264 g/mol. The van der Waals surface area contributed by atoms with Crippen molar-refractivity contribution in [1.29, 1.82) is 0 Å². The van der Waals surface area contributed by atoms with Crippen molar-refractivity contribution < 1.29 is 10.2 Å². The van der Waals surface area contributed by atoms with Crippen LogP contribution in [0.5, 0.6) is 0 Å². The van der Waals surface area contributed by atoms with Gasteiger partial charge in [-0.2, -0.15) is 0 Å². The van der Waals surface area contributed by atoms with Crippen molar-refractivity contribution in [2.24, 2.45) is 0 Å². The van der Waals surface area contributed by atoms with Gasteiger partial charge in [0.15, 0.2) is 0 Å². The average molecular weight is 264 g/mol. The fourth-order valence-electron chi connectivity index (χ4n) is 2.49. The number of nitrogens with zero attached hydrogens (tertiary/aromatic N) is 1. The van der Waals surface area contributed by atoms with Crippen molar-refractivity contribution in [3.63, 3.8) is 0 Å². The van der Waals surface area contributed by atoms with E-state index in [1.54, 1.807) is 0 Å². The first-order valence-electron chi connectivity index (χ1n) is 7.09. The smallest absolute Gasteiger partial charge is 0.0942 e. The molecule has 1 aromatic carbocycles. The van der Waals surface area contributed by atoms with Crippen LogP contribution in [0.15, 0.2) is 18.2 Å². The maximum absolute atomic E-state index is 9.46. The van der Waals surface area contributed by atoms with E-state index >= 15 is 0 Å². The van der Waals surface area contributed by atoms with Crippen molar-refractivity contribution in [3.8, 4) is 0 Å². The van der Waals surface area contributed by atoms with Gasteiger partial charge in [0.1, 0.15) is 0 Å². The zero-order chi connectivity index (χ0) is 13.7. The van der Waals surface area contributed by atoms with E-state index < -0.39 is 6.10 Å². The molecule has 1 heterocycles. The van der Waals surface area contributed by atoms with Gasteiger partial charge in [0.05, 0.1) is 24.1 Å². The van der Waals surface area contributed by atoms with E-state index in [2.05, 4.69) is 35.3 Å². The van der Waals surface area contributed by atoms with Gasteiger partial charge < -0.3 is 20.4 Å². The van der Waals surface area contributed by atoms with E-state index in [9.17, 15) is 5.11 Å². The summed E-state index contributed by atoms with van der Waals surface area (Å²) in [4.78, 5) is 2.40. The number of benzene rings is 1. The number of hydrogen-bond donors (Lipinski definition) is 3. The van der Waals surface area contributed by atoms with Crippen LogP contribution in [0.1, 0.15) is 24.8 Å². The second-order valence-electron chi connectivity index (χ2n) is 5.29. The Morgan fingerprint density at radius 3 is 2.68 bits per heavy atom. The molecule has 0 aliphatic carbocycles. The summed E-state index contributed by atoms with van der Waals surface area (Å²) in [5, 5.41) is 21.6. The van der Waals surface area contributed by atoms with Gasteiger partial charge in [0.25, 0.3) is 0 Å². The van der Waals surface area contributed by atoms with E-state index in [4.69, 9.17) is 5.11 Å². The molecular weight excluding hydrogens is 240 g/mol. The molecule has 0 aromatic heterocycles. The van der Waals surface area contributed by atoms with Crippen LogP contribution >= 0.6 is 0 Å². The molecule has 106 valence electrons. The van der Waals surface area contributed by atoms with Gasteiger partial charge in [0.2, 0.25) is 0 Å². The molecule has 0 bridgehead atoms. The molecule has 1 fully saturated rings. The van der Waals surface area contributed by atoms with Crippen molar-refractivity contribution in [2.45, 2.75) is 32.3 Å². The van der Waals surface area contributed by atoms with E-state index in [0.717, 1.165) is 18.8 Å². The Balaban J connectivity index is 2.12. The summed E-state index contributed by atoms with van der Waals surface area (Å²) in [6.45, 7) is 4.42. The lowest BCUT2D eigenvalue weighted by Crippen LogP contribution is -2.31. The molecule has 4 heteroatoms. The molecule has 1 unspecified atom stereocenters. The van der Waals surface area contributed by atoms with E-state index in [1.807, 2.05) is 0 Å².